The van der Waals surface area contributed by atoms with Crippen molar-refractivity contribution in [3.63, 3.8) is 0 Å². The van der Waals surface area contributed by atoms with Gasteiger partial charge in [0.1, 0.15) is 0 Å². The van der Waals surface area contributed by atoms with Crippen molar-refractivity contribution in [2.45, 2.75) is 0 Å². The summed E-state index contributed by atoms with van der Waals surface area (Å²) >= 11 is 0. The van der Waals surface area contributed by atoms with E-state index in [1.165, 1.54) is 75.7 Å². The lowest BCUT2D eigenvalue weighted by atomic mass is 9.91. The van der Waals surface area contributed by atoms with E-state index in [9.17, 15) is 0 Å². The molecule has 4 heteroatoms. The van der Waals surface area contributed by atoms with Gasteiger partial charge in [-0.15, -0.1) is 0 Å². The van der Waals surface area contributed by atoms with Crippen molar-refractivity contribution < 1.29 is 0 Å². The van der Waals surface area contributed by atoms with Crippen molar-refractivity contribution >= 4 is 97.7 Å². The van der Waals surface area contributed by atoms with Crippen LogP contribution in [-0.4, -0.2) is 19.1 Å². The van der Waals surface area contributed by atoms with Crippen LogP contribution in [0.15, 0.2) is 170 Å². The number of hydrogen-bond donors (Lipinski definition) is 0. The van der Waals surface area contributed by atoms with E-state index >= 15 is 0 Å². The number of nitrogens with zero attached hydrogens (tertiary/aromatic N) is 4. The number of aromatic nitrogens is 4. The molecule has 0 N–H and O–H groups in total. The minimum Gasteiger partial charge on any atom is -0.306 e. The molecule has 0 aliphatic rings. The second-order valence-corrected chi connectivity index (χ2v) is 13.7. The zero-order valence-electron chi connectivity index (χ0n) is 28.0. The topological polar surface area (TPSA) is 35.6 Å². The summed E-state index contributed by atoms with van der Waals surface area (Å²) in [6, 6.07) is 57.1. The van der Waals surface area contributed by atoms with E-state index in [1.54, 1.807) is 0 Å². The first-order valence-corrected chi connectivity index (χ1v) is 17.8. The highest BCUT2D eigenvalue weighted by Gasteiger charge is 2.27. The summed E-state index contributed by atoms with van der Waals surface area (Å²) in [6.45, 7) is 0. The highest BCUT2D eigenvalue weighted by molar-refractivity contribution is 6.43. The first kappa shape index (κ1) is 27.7. The Bertz CT molecular complexity index is 3230. The fourth-order valence-corrected chi connectivity index (χ4v) is 9.12. The summed E-state index contributed by atoms with van der Waals surface area (Å²) in [5.41, 5.74) is 8.80. The Hall–Kier alpha value is -7.04. The Morgan fingerprint density at radius 3 is 1.12 bits per heavy atom. The van der Waals surface area contributed by atoms with Crippen LogP contribution in [0.1, 0.15) is 0 Å². The van der Waals surface area contributed by atoms with Crippen molar-refractivity contribution in [3.8, 4) is 11.4 Å². The van der Waals surface area contributed by atoms with Crippen LogP contribution in [0, 0.1) is 0 Å². The van der Waals surface area contributed by atoms with Crippen LogP contribution in [0.3, 0.4) is 0 Å². The average molecular weight is 661 g/mol. The molecule has 0 aliphatic carbocycles. The Kier molecular flexibility index (Phi) is 5.47. The average Bonchev–Trinajstić information content (AvgIpc) is 3.74. The molecule has 4 heterocycles. The SMILES string of the molecule is c1ccc2c(-n3c4cccnc4c4c5ccccc5c5c(c6ccccc6c6c7ncccc7n(-c7cccc8ccccc78)c65)c43)cccc2c1. The zero-order chi connectivity index (χ0) is 33.9. The van der Waals surface area contributed by atoms with Crippen LogP contribution >= 0.6 is 0 Å². The molecular weight excluding hydrogens is 633 g/mol. The van der Waals surface area contributed by atoms with E-state index in [0.717, 1.165) is 33.4 Å². The summed E-state index contributed by atoms with van der Waals surface area (Å²) in [4.78, 5) is 10.3. The van der Waals surface area contributed by atoms with Gasteiger partial charge in [-0.25, -0.2) is 0 Å². The van der Waals surface area contributed by atoms with Gasteiger partial charge >= 0.3 is 0 Å². The molecule has 0 aliphatic heterocycles. The third kappa shape index (κ3) is 3.50. The highest BCUT2D eigenvalue weighted by Crippen LogP contribution is 2.50. The summed E-state index contributed by atoms with van der Waals surface area (Å²) in [5.74, 6) is 0. The molecule has 0 saturated carbocycles. The van der Waals surface area contributed by atoms with Gasteiger partial charge in [0.15, 0.2) is 0 Å². The van der Waals surface area contributed by atoms with Gasteiger partial charge in [-0.2, -0.15) is 0 Å². The van der Waals surface area contributed by atoms with E-state index < -0.39 is 0 Å². The third-order valence-electron chi connectivity index (χ3n) is 11.1. The van der Waals surface area contributed by atoms with E-state index in [-0.39, 0.29) is 0 Å². The number of pyridine rings is 2. The lowest BCUT2D eigenvalue weighted by Crippen LogP contribution is -1.99. The largest absolute Gasteiger partial charge is 0.306 e. The molecule has 0 saturated heterocycles. The molecule has 240 valence electrons. The van der Waals surface area contributed by atoms with Crippen LogP contribution in [-0.2, 0) is 0 Å². The Morgan fingerprint density at radius 1 is 0.308 bits per heavy atom. The molecule has 12 rings (SSSR count). The molecule has 0 amide bonds. The normalized spacial score (nSPS) is 12.2. The lowest BCUT2D eigenvalue weighted by molar-refractivity contribution is 1.19. The number of rotatable bonds is 2. The van der Waals surface area contributed by atoms with Gasteiger partial charge in [0, 0.05) is 44.7 Å². The fourth-order valence-electron chi connectivity index (χ4n) is 9.12. The predicted molar refractivity (Wildman–Crippen MR) is 218 cm³/mol. The Morgan fingerprint density at radius 2 is 0.673 bits per heavy atom. The van der Waals surface area contributed by atoms with Crippen molar-refractivity contribution in [2.75, 3.05) is 0 Å². The molecule has 0 bridgehead atoms. The van der Waals surface area contributed by atoms with Gasteiger partial charge < -0.3 is 9.13 Å². The smallest absolute Gasteiger partial charge is 0.0969 e. The molecular formula is C48H28N4. The van der Waals surface area contributed by atoms with Crippen molar-refractivity contribution in [3.05, 3.63) is 170 Å². The number of fused-ring (bicyclic) bond motifs is 17. The number of benzene rings is 8. The van der Waals surface area contributed by atoms with E-state index in [0.29, 0.717) is 0 Å². The number of hydrogen-bond acceptors (Lipinski definition) is 2. The highest BCUT2D eigenvalue weighted by atomic mass is 15.0. The van der Waals surface area contributed by atoms with Crippen LogP contribution in [0.2, 0.25) is 0 Å². The molecule has 0 spiro atoms. The molecule has 0 radical (unpaired) electrons. The molecule has 4 aromatic heterocycles. The third-order valence-corrected chi connectivity index (χ3v) is 11.1. The summed E-state index contributed by atoms with van der Waals surface area (Å²) < 4.78 is 4.96. The Balaban J connectivity index is 1.46. The summed E-state index contributed by atoms with van der Waals surface area (Å²) in [6.07, 6.45) is 3.86. The molecule has 8 aromatic carbocycles. The van der Waals surface area contributed by atoms with Gasteiger partial charge in [-0.1, -0.05) is 121 Å². The van der Waals surface area contributed by atoms with Crippen LogP contribution in [0.5, 0.6) is 0 Å². The van der Waals surface area contributed by atoms with Gasteiger partial charge in [-0.05, 0) is 68.7 Å². The van der Waals surface area contributed by atoms with E-state index in [1.807, 2.05) is 12.4 Å². The second-order valence-electron chi connectivity index (χ2n) is 13.7. The standard InChI is InChI=1S/C48H28N4/c1-3-17-31-29(13-1)15-9-23-37(31)51-39-25-11-27-49-45(39)43-35-21-7-6-20-34(35)42-41(47(43)51)33-19-5-8-22-36(33)44-46-40(26-12-28-50-46)52(48(42)44)38-24-10-16-30-14-2-4-18-32(30)38/h1-28H. The lowest BCUT2D eigenvalue weighted by Gasteiger charge is -2.18. The van der Waals surface area contributed by atoms with Gasteiger partial charge in [0.25, 0.3) is 0 Å². The molecule has 0 fully saturated rings. The van der Waals surface area contributed by atoms with Gasteiger partial charge in [0.2, 0.25) is 0 Å². The first-order valence-electron chi connectivity index (χ1n) is 17.8. The molecule has 52 heavy (non-hydrogen) atoms. The van der Waals surface area contributed by atoms with E-state index in [4.69, 9.17) is 9.97 Å². The summed E-state index contributed by atoms with van der Waals surface area (Å²) in [5, 5.41) is 14.4. The monoisotopic (exact) mass is 660 g/mol. The van der Waals surface area contributed by atoms with Crippen molar-refractivity contribution in [2.24, 2.45) is 0 Å². The maximum atomic E-state index is 5.13. The van der Waals surface area contributed by atoms with Crippen LogP contribution in [0.4, 0.5) is 0 Å². The van der Waals surface area contributed by atoms with Crippen LogP contribution in [0.25, 0.3) is 109 Å². The fraction of sp³-hybridized carbons (Fsp3) is 0. The molecule has 12 aromatic rings. The van der Waals surface area contributed by atoms with Crippen molar-refractivity contribution in [1.29, 1.82) is 0 Å². The van der Waals surface area contributed by atoms with Crippen LogP contribution < -0.4 is 0 Å². The van der Waals surface area contributed by atoms with E-state index in [2.05, 4.69) is 167 Å². The second kappa shape index (κ2) is 10.3. The minimum absolute atomic E-state index is 1.00. The Labute approximate surface area is 297 Å². The maximum Gasteiger partial charge on any atom is 0.0969 e. The van der Waals surface area contributed by atoms with Crippen molar-refractivity contribution in [1.82, 2.24) is 19.1 Å². The quantitative estimate of drug-likeness (QED) is 0.173. The van der Waals surface area contributed by atoms with Gasteiger partial charge in [-0.3, -0.25) is 9.97 Å². The maximum absolute atomic E-state index is 5.13. The molecule has 4 nitrogen and oxygen atoms in total. The predicted octanol–water partition coefficient (Wildman–Crippen LogP) is 12.4. The first-order chi connectivity index (χ1) is 25.9. The summed E-state index contributed by atoms with van der Waals surface area (Å²) in [7, 11) is 0. The minimum atomic E-state index is 1.00. The van der Waals surface area contributed by atoms with Gasteiger partial charge in [0.05, 0.1) is 44.5 Å². The molecule has 0 atom stereocenters. The molecule has 0 unspecified atom stereocenters. The zero-order valence-corrected chi connectivity index (χ0v) is 28.0.